The maximum atomic E-state index is 4.59. The molecule has 0 spiro atoms. The van der Waals surface area contributed by atoms with Gasteiger partial charge in [-0.2, -0.15) is 0 Å². The Morgan fingerprint density at radius 3 is 2.71 bits per heavy atom. The highest BCUT2D eigenvalue weighted by atomic mass is 15.3. The largest absolute Gasteiger partial charge is 0.339 e. The second kappa shape index (κ2) is 6.71. The number of rotatable bonds is 4. The van der Waals surface area contributed by atoms with Crippen LogP contribution in [0.15, 0.2) is 12.4 Å². The summed E-state index contributed by atoms with van der Waals surface area (Å²) in [6.07, 6.45) is 7.83. The van der Waals surface area contributed by atoms with Crippen molar-refractivity contribution in [2.45, 2.75) is 51.7 Å². The molecule has 0 aliphatic carbocycles. The fourth-order valence-corrected chi connectivity index (χ4v) is 3.31. The van der Waals surface area contributed by atoms with Crippen molar-refractivity contribution in [3.8, 4) is 0 Å². The van der Waals surface area contributed by atoms with Gasteiger partial charge in [0.1, 0.15) is 0 Å². The molecule has 1 aromatic rings. The highest BCUT2D eigenvalue weighted by Gasteiger charge is 2.29. The second-order valence-electron chi connectivity index (χ2n) is 6.56. The van der Waals surface area contributed by atoms with Gasteiger partial charge < -0.3 is 10.2 Å². The predicted molar refractivity (Wildman–Crippen MR) is 85.4 cm³/mol. The molecule has 5 heteroatoms. The van der Waals surface area contributed by atoms with E-state index in [1.807, 2.05) is 12.4 Å². The van der Waals surface area contributed by atoms with Crippen LogP contribution in [0.25, 0.3) is 0 Å². The molecular formula is C16H27N5. The molecule has 2 saturated heterocycles. The molecule has 0 aromatic carbocycles. The van der Waals surface area contributed by atoms with Gasteiger partial charge in [-0.25, -0.2) is 9.97 Å². The van der Waals surface area contributed by atoms with Gasteiger partial charge in [0.15, 0.2) is 0 Å². The standard InChI is InChI=1S/C16H27N5/c1-13(2)17-9-14-10-18-16(19-11-14)21-8-4-7-20-6-3-5-15(20)12-21/h10-11,13,15,17H,3-9,12H2,1-2H3. The molecule has 5 nitrogen and oxygen atoms in total. The molecule has 3 rings (SSSR count). The van der Waals surface area contributed by atoms with Gasteiger partial charge in [-0.1, -0.05) is 13.8 Å². The second-order valence-corrected chi connectivity index (χ2v) is 6.56. The van der Waals surface area contributed by atoms with Crippen molar-refractivity contribution in [2.75, 3.05) is 31.1 Å². The molecule has 0 radical (unpaired) electrons. The molecule has 0 amide bonds. The molecule has 0 bridgehead atoms. The fourth-order valence-electron chi connectivity index (χ4n) is 3.31. The van der Waals surface area contributed by atoms with E-state index in [2.05, 4.69) is 38.9 Å². The number of fused-ring (bicyclic) bond motifs is 1. The Kier molecular flexibility index (Phi) is 4.70. The summed E-state index contributed by atoms with van der Waals surface area (Å²) in [5.41, 5.74) is 1.16. The van der Waals surface area contributed by atoms with Crippen molar-refractivity contribution < 1.29 is 0 Å². The van der Waals surface area contributed by atoms with Gasteiger partial charge in [-0.15, -0.1) is 0 Å². The number of aromatic nitrogens is 2. The molecule has 1 unspecified atom stereocenters. The van der Waals surface area contributed by atoms with E-state index in [-0.39, 0.29) is 0 Å². The van der Waals surface area contributed by atoms with Crippen LogP contribution in [0.1, 0.15) is 38.7 Å². The van der Waals surface area contributed by atoms with Crippen LogP contribution in [0, 0.1) is 0 Å². The zero-order valence-corrected chi connectivity index (χ0v) is 13.3. The zero-order valence-electron chi connectivity index (χ0n) is 13.3. The third-order valence-electron chi connectivity index (χ3n) is 4.49. The first-order chi connectivity index (χ1) is 10.2. The predicted octanol–water partition coefficient (Wildman–Crippen LogP) is 1.65. The first-order valence-electron chi connectivity index (χ1n) is 8.25. The van der Waals surface area contributed by atoms with E-state index in [1.165, 1.54) is 32.4 Å². The smallest absolute Gasteiger partial charge is 0.225 e. The van der Waals surface area contributed by atoms with E-state index < -0.39 is 0 Å². The third-order valence-corrected chi connectivity index (χ3v) is 4.49. The molecule has 2 aliphatic rings. The minimum Gasteiger partial charge on any atom is -0.339 e. The average molecular weight is 289 g/mol. The van der Waals surface area contributed by atoms with E-state index in [4.69, 9.17) is 0 Å². The summed E-state index contributed by atoms with van der Waals surface area (Å²) in [5, 5.41) is 3.40. The number of hydrogen-bond acceptors (Lipinski definition) is 5. The van der Waals surface area contributed by atoms with Gasteiger partial charge in [0.25, 0.3) is 0 Å². The van der Waals surface area contributed by atoms with Crippen molar-refractivity contribution in [1.82, 2.24) is 20.2 Å². The molecule has 3 heterocycles. The van der Waals surface area contributed by atoms with Crippen molar-refractivity contribution >= 4 is 5.95 Å². The molecular weight excluding hydrogens is 262 g/mol. The van der Waals surface area contributed by atoms with E-state index in [0.29, 0.717) is 12.1 Å². The highest BCUT2D eigenvalue weighted by Crippen LogP contribution is 2.23. The number of hydrogen-bond donors (Lipinski definition) is 1. The van der Waals surface area contributed by atoms with Crippen molar-refractivity contribution in [3.63, 3.8) is 0 Å². The SMILES string of the molecule is CC(C)NCc1cnc(N2CCCN3CCCC3C2)nc1. The lowest BCUT2D eigenvalue weighted by Crippen LogP contribution is -2.37. The Labute approximate surface area is 127 Å². The van der Waals surface area contributed by atoms with Crippen LogP contribution >= 0.6 is 0 Å². The molecule has 1 atom stereocenters. The van der Waals surface area contributed by atoms with E-state index in [9.17, 15) is 0 Å². The first-order valence-corrected chi connectivity index (χ1v) is 8.25. The van der Waals surface area contributed by atoms with Crippen LogP contribution < -0.4 is 10.2 Å². The maximum absolute atomic E-state index is 4.59. The number of nitrogens with one attached hydrogen (secondary N) is 1. The van der Waals surface area contributed by atoms with E-state index in [0.717, 1.165) is 31.1 Å². The molecule has 2 fully saturated rings. The van der Waals surface area contributed by atoms with Crippen molar-refractivity contribution in [1.29, 1.82) is 0 Å². The van der Waals surface area contributed by atoms with E-state index >= 15 is 0 Å². The molecule has 1 aromatic heterocycles. The summed E-state index contributed by atoms with van der Waals surface area (Å²) in [6.45, 7) is 9.82. The Bertz CT molecular complexity index is 444. The van der Waals surface area contributed by atoms with Crippen LogP contribution in [0.2, 0.25) is 0 Å². The van der Waals surface area contributed by atoms with Crippen LogP contribution in [0.4, 0.5) is 5.95 Å². The molecule has 1 N–H and O–H groups in total. The monoisotopic (exact) mass is 289 g/mol. The fraction of sp³-hybridized carbons (Fsp3) is 0.750. The van der Waals surface area contributed by atoms with Gasteiger partial charge in [-0.3, -0.25) is 4.90 Å². The minimum atomic E-state index is 0.489. The van der Waals surface area contributed by atoms with Crippen LogP contribution in [0.5, 0.6) is 0 Å². The lowest BCUT2D eigenvalue weighted by Gasteiger charge is -2.25. The van der Waals surface area contributed by atoms with Gasteiger partial charge in [0.05, 0.1) is 0 Å². The number of anilines is 1. The van der Waals surface area contributed by atoms with Gasteiger partial charge in [0.2, 0.25) is 5.95 Å². The third kappa shape index (κ3) is 3.71. The highest BCUT2D eigenvalue weighted by molar-refractivity contribution is 5.31. The molecule has 0 saturated carbocycles. The van der Waals surface area contributed by atoms with Crippen LogP contribution in [0.3, 0.4) is 0 Å². The maximum Gasteiger partial charge on any atom is 0.225 e. The Balaban J connectivity index is 1.63. The van der Waals surface area contributed by atoms with Crippen molar-refractivity contribution in [3.05, 3.63) is 18.0 Å². The van der Waals surface area contributed by atoms with Crippen LogP contribution in [-0.4, -0.2) is 53.1 Å². The summed E-state index contributed by atoms with van der Waals surface area (Å²) in [4.78, 5) is 14.2. The molecule has 21 heavy (non-hydrogen) atoms. The quantitative estimate of drug-likeness (QED) is 0.913. The minimum absolute atomic E-state index is 0.489. The Hall–Kier alpha value is -1.20. The summed E-state index contributed by atoms with van der Waals surface area (Å²) in [5.74, 6) is 0.900. The number of nitrogens with zero attached hydrogens (tertiary/aromatic N) is 4. The summed E-state index contributed by atoms with van der Waals surface area (Å²) >= 11 is 0. The summed E-state index contributed by atoms with van der Waals surface area (Å²) in [6, 6.07) is 1.20. The Morgan fingerprint density at radius 1 is 1.19 bits per heavy atom. The lowest BCUT2D eigenvalue weighted by molar-refractivity contribution is 0.273. The van der Waals surface area contributed by atoms with Crippen molar-refractivity contribution in [2.24, 2.45) is 0 Å². The Morgan fingerprint density at radius 2 is 1.95 bits per heavy atom. The van der Waals surface area contributed by atoms with Gasteiger partial charge >= 0.3 is 0 Å². The van der Waals surface area contributed by atoms with Gasteiger partial charge in [0, 0.05) is 56.2 Å². The zero-order chi connectivity index (χ0) is 14.7. The summed E-state index contributed by atoms with van der Waals surface area (Å²) in [7, 11) is 0. The van der Waals surface area contributed by atoms with Gasteiger partial charge in [-0.05, 0) is 25.8 Å². The lowest BCUT2D eigenvalue weighted by atomic mass is 10.2. The normalized spacial score (nSPS) is 23.4. The topological polar surface area (TPSA) is 44.3 Å². The van der Waals surface area contributed by atoms with Crippen LogP contribution in [-0.2, 0) is 6.54 Å². The molecule has 116 valence electrons. The summed E-state index contributed by atoms with van der Waals surface area (Å²) < 4.78 is 0. The first kappa shape index (κ1) is 14.7. The molecule has 2 aliphatic heterocycles. The average Bonchev–Trinajstić information content (AvgIpc) is 2.83. The van der Waals surface area contributed by atoms with E-state index in [1.54, 1.807) is 0 Å².